The Morgan fingerprint density at radius 1 is 1.18 bits per heavy atom. The van der Waals surface area contributed by atoms with E-state index in [1.54, 1.807) is 6.92 Å². The van der Waals surface area contributed by atoms with Gasteiger partial charge in [0.25, 0.3) is 0 Å². The standard InChI is InChI=1S/C12H24N2O3/c1-8(5-4-6-10(3)13)11(15)14-7-9(2)12(16)17/h8-10H,4-7,13H2,1-3H3,(H,14,15)(H,16,17). The van der Waals surface area contributed by atoms with Gasteiger partial charge in [0.15, 0.2) is 0 Å². The summed E-state index contributed by atoms with van der Waals surface area (Å²) >= 11 is 0. The predicted molar refractivity (Wildman–Crippen MR) is 66.5 cm³/mol. The van der Waals surface area contributed by atoms with Crippen molar-refractivity contribution >= 4 is 11.9 Å². The molecule has 0 radical (unpaired) electrons. The third-order valence-corrected chi connectivity index (χ3v) is 2.75. The van der Waals surface area contributed by atoms with Gasteiger partial charge in [-0.1, -0.05) is 20.3 Å². The molecule has 100 valence electrons. The largest absolute Gasteiger partial charge is 0.481 e. The predicted octanol–water partition coefficient (Wildman–Crippen LogP) is 0.977. The lowest BCUT2D eigenvalue weighted by Crippen LogP contribution is -2.35. The Bertz CT molecular complexity index is 254. The van der Waals surface area contributed by atoms with Gasteiger partial charge in [0, 0.05) is 18.5 Å². The van der Waals surface area contributed by atoms with E-state index in [1.165, 1.54) is 0 Å². The molecule has 0 rings (SSSR count). The van der Waals surface area contributed by atoms with E-state index in [-0.39, 0.29) is 24.4 Å². The Labute approximate surface area is 103 Å². The summed E-state index contributed by atoms with van der Waals surface area (Å²) in [6.07, 6.45) is 2.61. The highest BCUT2D eigenvalue weighted by Crippen LogP contribution is 2.09. The summed E-state index contributed by atoms with van der Waals surface area (Å²) in [5.41, 5.74) is 5.62. The first-order valence-electron chi connectivity index (χ1n) is 6.10. The van der Waals surface area contributed by atoms with Gasteiger partial charge in [-0.15, -0.1) is 0 Å². The molecule has 0 aromatic heterocycles. The first kappa shape index (κ1) is 15.9. The smallest absolute Gasteiger partial charge is 0.308 e. The summed E-state index contributed by atoms with van der Waals surface area (Å²) in [4.78, 5) is 22.2. The second-order valence-electron chi connectivity index (χ2n) is 4.79. The van der Waals surface area contributed by atoms with E-state index in [0.29, 0.717) is 0 Å². The minimum atomic E-state index is -0.894. The molecule has 3 atom stereocenters. The zero-order valence-corrected chi connectivity index (χ0v) is 10.9. The van der Waals surface area contributed by atoms with E-state index in [2.05, 4.69) is 5.32 Å². The molecule has 4 N–H and O–H groups in total. The van der Waals surface area contributed by atoms with Crippen LogP contribution < -0.4 is 11.1 Å². The van der Waals surface area contributed by atoms with Crippen LogP contribution in [-0.2, 0) is 9.59 Å². The number of nitrogens with one attached hydrogen (secondary N) is 1. The van der Waals surface area contributed by atoms with Gasteiger partial charge < -0.3 is 16.2 Å². The average molecular weight is 244 g/mol. The number of carboxylic acids is 1. The number of rotatable bonds is 8. The van der Waals surface area contributed by atoms with Crippen molar-refractivity contribution < 1.29 is 14.7 Å². The first-order chi connectivity index (χ1) is 7.84. The third kappa shape index (κ3) is 7.74. The Morgan fingerprint density at radius 2 is 1.76 bits per heavy atom. The molecule has 0 spiro atoms. The van der Waals surface area contributed by atoms with Crippen LogP contribution in [-0.4, -0.2) is 29.6 Å². The van der Waals surface area contributed by atoms with Crippen molar-refractivity contribution in [1.82, 2.24) is 5.32 Å². The quantitative estimate of drug-likeness (QED) is 0.593. The SMILES string of the molecule is CC(N)CCCC(C)C(=O)NCC(C)C(=O)O. The molecule has 0 saturated heterocycles. The molecule has 0 aliphatic rings. The summed E-state index contributed by atoms with van der Waals surface area (Å²) in [6, 6.07) is 0.164. The van der Waals surface area contributed by atoms with Gasteiger partial charge in [0.1, 0.15) is 0 Å². The van der Waals surface area contributed by atoms with Gasteiger partial charge in [-0.05, 0) is 19.8 Å². The van der Waals surface area contributed by atoms with E-state index in [0.717, 1.165) is 19.3 Å². The second-order valence-corrected chi connectivity index (χ2v) is 4.79. The fourth-order valence-electron chi connectivity index (χ4n) is 1.39. The van der Waals surface area contributed by atoms with Gasteiger partial charge in [-0.3, -0.25) is 9.59 Å². The molecule has 0 aromatic rings. The maximum absolute atomic E-state index is 11.6. The Kier molecular flexibility index (Phi) is 7.54. The van der Waals surface area contributed by atoms with Crippen LogP contribution in [0.3, 0.4) is 0 Å². The van der Waals surface area contributed by atoms with Gasteiger partial charge in [-0.25, -0.2) is 0 Å². The first-order valence-corrected chi connectivity index (χ1v) is 6.10. The van der Waals surface area contributed by atoms with Crippen molar-refractivity contribution in [3.8, 4) is 0 Å². The van der Waals surface area contributed by atoms with Crippen LogP contribution in [0.25, 0.3) is 0 Å². The molecular formula is C12H24N2O3. The van der Waals surface area contributed by atoms with Crippen LogP contribution in [0.1, 0.15) is 40.0 Å². The number of hydrogen-bond donors (Lipinski definition) is 3. The van der Waals surface area contributed by atoms with Gasteiger partial charge >= 0.3 is 5.97 Å². The fraction of sp³-hybridized carbons (Fsp3) is 0.833. The lowest BCUT2D eigenvalue weighted by atomic mass is 10.0. The van der Waals surface area contributed by atoms with Crippen molar-refractivity contribution in [3.63, 3.8) is 0 Å². The number of carbonyl (C=O) groups is 2. The minimum absolute atomic E-state index is 0.0808. The van der Waals surface area contributed by atoms with Crippen LogP contribution >= 0.6 is 0 Å². The molecule has 0 saturated carbocycles. The molecule has 17 heavy (non-hydrogen) atoms. The van der Waals surface area contributed by atoms with Crippen LogP contribution in [0.4, 0.5) is 0 Å². The molecule has 5 nitrogen and oxygen atoms in total. The third-order valence-electron chi connectivity index (χ3n) is 2.75. The Morgan fingerprint density at radius 3 is 2.24 bits per heavy atom. The molecule has 5 heteroatoms. The highest BCUT2D eigenvalue weighted by molar-refractivity contribution is 5.79. The fourth-order valence-corrected chi connectivity index (χ4v) is 1.39. The van der Waals surface area contributed by atoms with Crippen molar-refractivity contribution in [2.45, 2.75) is 46.1 Å². The minimum Gasteiger partial charge on any atom is -0.481 e. The van der Waals surface area contributed by atoms with E-state index in [9.17, 15) is 9.59 Å². The molecule has 0 aliphatic heterocycles. The topological polar surface area (TPSA) is 92.4 Å². The molecule has 3 unspecified atom stereocenters. The monoisotopic (exact) mass is 244 g/mol. The molecule has 0 aliphatic carbocycles. The molecule has 0 aromatic carbocycles. The highest BCUT2D eigenvalue weighted by atomic mass is 16.4. The van der Waals surface area contributed by atoms with Gasteiger partial charge in [-0.2, -0.15) is 0 Å². The van der Waals surface area contributed by atoms with Crippen LogP contribution in [0.15, 0.2) is 0 Å². The Balaban J connectivity index is 3.78. The summed E-state index contributed by atoms with van der Waals surface area (Å²) in [5, 5.41) is 11.3. The van der Waals surface area contributed by atoms with E-state index in [1.807, 2.05) is 13.8 Å². The van der Waals surface area contributed by atoms with Crippen molar-refractivity contribution in [2.75, 3.05) is 6.54 Å². The van der Waals surface area contributed by atoms with Gasteiger partial charge in [0.05, 0.1) is 5.92 Å². The van der Waals surface area contributed by atoms with E-state index >= 15 is 0 Å². The number of aliphatic carboxylic acids is 1. The van der Waals surface area contributed by atoms with Crippen molar-refractivity contribution in [2.24, 2.45) is 17.6 Å². The molecule has 0 heterocycles. The lowest BCUT2D eigenvalue weighted by molar-refractivity contribution is -0.141. The summed E-state index contributed by atoms with van der Waals surface area (Å²) < 4.78 is 0. The maximum atomic E-state index is 11.6. The van der Waals surface area contributed by atoms with Crippen LogP contribution in [0, 0.1) is 11.8 Å². The van der Waals surface area contributed by atoms with Crippen molar-refractivity contribution in [1.29, 1.82) is 0 Å². The zero-order valence-electron chi connectivity index (χ0n) is 10.9. The number of hydrogen-bond acceptors (Lipinski definition) is 3. The van der Waals surface area contributed by atoms with Crippen LogP contribution in [0.5, 0.6) is 0 Å². The average Bonchev–Trinajstić information content (AvgIpc) is 2.24. The summed E-state index contributed by atoms with van der Waals surface area (Å²) in [6.45, 7) is 5.55. The van der Waals surface area contributed by atoms with Crippen LogP contribution in [0.2, 0.25) is 0 Å². The molecule has 1 amide bonds. The normalized spacial score (nSPS) is 16.0. The second kappa shape index (κ2) is 8.06. The van der Waals surface area contributed by atoms with Gasteiger partial charge in [0.2, 0.25) is 5.91 Å². The maximum Gasteiger partial charge on any atom is 0.308 e. The van der Waals surface area contributed by atoms with E-state index in [4.69, 9.17) is 10.8 Å². The molecule has 0 bridgehead atoms. The zero-order chi connectivity index (χ0) is 13.4. The Hall–Kier alpha value is -1.10. The number of nitrogens with two attached hydrogens (primary N) is 1. The summed E-state index contributed by atoms with van der Waals surface area (Å²) in [7, 11) is 0. The number of carbonyl (C=O) groups excluding carboxylic acids is 1. The molecular weight excluding hydrogens is 220 g/mol. The lowest BCUT2D eigenvalue weighted by Gasteiger charge is -2.14. The van der Waals surface area contributed by atoms with Crippen molar-refractivity contribution in [3.05, 3.63) is 0 Å². The van der Waals surface area contributed by atoms with E-state index < -0.39 is 11.9 Å². The number of carboxylic acid groups (broad SMARTS) is 1. The molecule has 0 fully saturated rings. The highest BCUT2D eigenvalue weighted by Gasteiger charge is 2.16. The summed E-state index contributed by atoms with van der Waals surface area (Å²) in [5.74, 6) is -1.61. The number of amides is 1.